The quantitative estimate of drug-likeness (QED) is 0.740. The number of rotatable bonds is 3. The first-order valence-corrected chi connectivity index (χ1v) is 9.23. The molecule has 0 unspecified atom stereocenters. The summed E-state index contributed by atoms with van der Waals surface area (Å²) in [6.45, 7) is 3.90. The van der Waals surface area contributed by atoms with E-state index in [-0.39, 0.29) is 11.4 Å². The number of aryl methyl sites for hydroxylation is 1. The molecule has 0 saturated heterocycles. The first kappa shape index (κ1) is 17.9. The zero-order valence-corrected chi connectivity index (χ0v) is 15.7. The zero-order valence-electron chi connectivity index (χ0n) is 14.9. The molecule has 0 atom stereocenters. The van der Waals surface area contributed by atoms with Gasteiger partial charge < -0.3 is 4.98 Å². The number of H-pyrrole nitrogens is 1. The van der Waals surface area contributed by atoms with Gasteiger partial charge in [-0.1, -0.05) is 47.5 Å². The second kappa shape index (κ2) is 7.25. The Morgan fingerprint density at radius 1 is 1.22 bits per heavy atom. The average Bonchev–Trinajstić information content (AvgIpc) is 2.64. The Bertz CT molecular complexity index is 1050. The van der Waals surface area contributed by atoms with Crippen LogP contribution < -0.4 is 5.56 Å². The van der Waals surface area contributed by atoms with Gasteiger partial charge in [0.1, 0.15) is 11.6 Å². The molecule has 0 spiro atoms. The van der Waals surface area contributed by atoms with E-state index in [1.54, 1.807) is 6.07 Å². The van der Waals surface area contributed by atoms with Crippen molar-refractivity contribution in [1.29, 1.82) is 0 Å². The molecule has 0 saturated carbocycles. The van der Waals surface area contributed by atoms with Crippen molar-refractivity contribution in [3.05, 3.63) is 86.0 Å². The molecule has 1 aromatic heterocycles. The van der Waals surface area contributed by atoms with Crippen molar-refractivity contribution in [2.45, 2.75) is 26.4 Å². The van der Waals surface area contributed by atoms with Crippen LogP contribution in [0.25, 0.3) is 11.4 Å². The van der Waals surface area contributed by atoms with Crippen molar-refractivity contribution in [2.75, 3.05) is 6.54 Å². The van der Waals surface area contributed by atoms with Crippen LogP contribution in [0.15, 0.2) is 47.3 Å². The summed E-state index contributed by atoms with van der Waals surface area (Å²) in [7, 11) is 0. The third-order valence-corrected chi connectivity index (χ3v) is 5.24. The van der Waals surface area contributed by atoms with E-state index in [1.165, 1.54) is 12.1 Å². The summed E-state index contributed by atoms with van der Waals surface area (Å²) in [5, 5.41) is 0.417. The molecular formula is C21H19ClFN3O. The minimum absolute atomic E-state index is 0.0740. The van der Waals surface area contributed by atoms with E-state index in [9.17, 15) is 9.18 Å². The number of benzene rings is 2. The number of nitrogens with one attached hydrogen (secondary N) is 1. The first-order valence-electron chi connectivity index (χ1n) is 8.85. The summed E-state index contributed by atoms with van der Waals surface area (Å²) < 4.78 is 13.3. The number of hydrogen-bond donors (Lipinski definition) is 1. The molecule has 4 rings (SSSR count). The van der Waals surface area contributed by atoms with Crippen LogP contribution >= 0.6 is 11.6 Å². The maximum absolute atomic E-state index is 13.3. The molecule has 1 aliphatic rings. The van der Waals surface area contributed by atoms with Crippen molar-refractivity contribution in [3.8, 4) is 11.4 Å². The van der Waals surface area contributed by atoms with E-state index >= 15 is 0 Å². The lowest BCUT2D eigenvalue weighted by atomic mass is 10.0. The summed E-state index contributed by atoms with van der Waals surface area (Å²) in [6, 6.07) is 12.4. The van der Waals surface area contributed by atoms with E-state index in [0.717, 1.165) is 34.5 Å². The Hall–Kier alpha value is -2.50. The fourth-order valence-corrected chi connectivity index (χ4v) is 3.59. The topological polar surface area (TPSA) is 49.0 Å². The molecule has 0 amide bonds. The largest absolute Gasteiger partial charge is 0.306 e. The van der Waals surface area contributed by atoms with Gasteiger partial charge in [0, 0.05) is 35.8 Å². The van der Waals surface area contributed by atoms with Gasteiger partial charge in [-0.05, 0) is 31.0 Å². The molecule has 3 aromatic rings. The maximum Gasteiger partial charge on any atom is 0.254 e. The lowest BCUT2D eigenvalue weighted by molar-refractivity contribution is 0.240. The Morgan fingerprint density at radius 3 is 2.74 bits per heavy atom. The summed E-state index contributed by atoms with van der Waals surface area (Å²) in [4.78, 5) is 22.3. The monoisotopic (exact) mass is 383 g/mol. The minimum Gasteiger partial charge on any atom is -0.306 e. The molecule has 6 heteroatoms. The van der Waals surface area contributed by atoms with Crippen molar-refractivity contribution in [1.82, 2.24) is 14.9 Å². The third kappa shape index (κ3) is 3.80. The lowest BCUT2D eigenvalue weighted by Crippen LogP contribution is -2.35. The third-order valence-electron chi connectivity index (χ3n) is 4.89. The van der Waals surface area contributed by atoms with Gasteiger partial charge in [0.15, 0.2) is 0 Å². The van der Waals surface area contributed by atoms with E-state index in [4.69, 9.17) is 16.6 Å². The molecule has 1 aliphatic heterocycles. The van der Waals surface area contributed by atoms with E-state index in [2.05, 4.69) is 9.88 Å². The first-order chi connectivity index (χ1) is 13.0. The van der Waals surface area contributed by atoms with Gasteiger partial charge in [-0.3, -0.25) is 9.69 Å². The fraction of sp³-hybridized carbons (Fsp3) is 0.238. The fourth-order valence-electron chi connectivity index (χ4n) is 3.37. The molecule has 0 aliphatic carbocycles. The van der Waals surface area contributed by atoms with Crippen molar-refractivity contribution >= 4 is 11.6 Å². The van der Waals surface area contributed by atoms with Crippen molar-refractivity contribution < 1.29 is 4.39 Å². The number of fused-ring (bicyclic) bond motifs is 1. The number of halogens is 2. The summed E-state index contributed by atoms with van der Waals surface area (Å²) in [5.41, 5.74) is 4.37. The van der Waals surface area contributed by atoms with Gasteiger partial charge in [0.25, 0.3) is 5.56 Å². The lowest BCUT2D eigenvalue weighted by Gasteiger charge is -2.28. The predicted molar refractivity (Wildman–Crippen MR) is 104 cm³/mol. The van der Waals surface area contributed by atoms with Crippen LogP contribution in [0.4, 0.5) is 4.39 Å². The number of hydrogen-bond acceptors (Lipinski definition) is 3. The molecule has 0 bridgehead atoms. The molecule has 4 nitrogen and oxygen atoms in total. The van der Waals surface area contributed by atoms with E-state index < -0.39 is 0 Å². The van der Waals surface area contributed by atoms with Gasteiger partial charge in [-0.25, -0.2) is 9.37 Å². The second-order valence-electron chi connectivity index (χ2n) is 6.90. The minimum atomic E-state index is -0.344. The second-order valence-corrected chi connectivity index (χ2v) is 7.31. The van der Waals surface area contributed by atoms with Gasteiger partial charge >= 0.3 is 0 Å². The average molecular weight is 384 g/mol. The van der Waals surface area contributed by atoms with Crippen molar-refractivity contribution in [3.63, 3.8) is 0 Å². The van der Waals surface area contributed by atoms with Gasteiger partial charge in [-0.2, -0.15) is 0 Å². The van der Waals surface area contributed by atoms with Gasteiger partial charge in [-0.15, -0.1) is 0 Å². The summed E-state index contributed by atoms with van der Waals surface area (Å²) >= 11 is 6.15. The molecule has 27 heavy (non-hydrogen) atoms. The normalized spacial score (nSPS) is 14.2. The Labute approximate surface area is 161 Å². The van der Waals surface area contributed by atoms with Crippen LogP contribution in [0.1, 0.15) is 22.4 Å². The molecule has 1 N–H and O–H groups in total. The van der Waals surface area contributed by atoms with Crippen LogP contribution in [-0.2, 0) is 19.5 Å². The highest BCUT2D eigenvalue weighted by Crippen LogP contribution is 2.23. The summed E-state index contributed by atoms with van der Waals surface area (Å²) in [6.07, 6.45) is 0.630. The van der Waals surface area contributed by atoms with Crippen molar-refractivity contribution in [2.24, 2.45) is 0 Å². The molecule has 0 radical (unpaired) electrons. The number of nitrogens with zero attached hydrogens (tertiary/aromatic N) is 2. The Morgan fingerprint density at radius 2 is 2.00 bits per heavy atom. The smallest absolute Gasteiger partial charge is 0.254 e. The van der Waals surface area contributed by atoms with Gasteiger partial charge in [0.05, 0.1) is 5.69 Å². The number of aromatic nitrogens is 2. The molecule has 2 aromatic carbocycles. The standard InChI is InChI=1S/C21H19ClFN3O/c1-13-2-4-14(5-3-13)20-24-19-12-26(9-8-17(19)21(27)25-20)11-15-6-7-16(23)10-18(15)22/h2-7,10H,8-9,11-12H2,1H3,(H,24,25,27). The predicted octanol–water partition coefficient (Wildman–Crippen LogP) is 4.10. The van der Waals surface area contributed by atoms with Crippen LogP contribution in [-0.4, -0.2) is 21.4 Å². The molecule has 0 fully saturated rings. The van der Waals surface area contributed by atoms with Crippen LogP contribution in [0.2, 0.25) is 5.02 Å². The van der Waals surface area contributed by atoms with Crippen LogP contribution in [0.3, 0.4) is 0 Å². The van der Waals surface area contributed by atoms with E-state index in [0.29, 0.717) is 30.4 Å². The zero-order chi connectivity index (χ0) is 19.0. The SMILES string of the molecule is Cc1ccc(-c2nc3c(c(=O)[nH]2)CCN(Cc2ccc(F)cc2Cl)C3)cc1. The highest BCUT2D eigenvalue weighted by molar-refractivity contribution is 6.31. The molecule has 138 valence electrons. The van der Waals surface area contributed by atoms with Crippen LogP contribution in [0.5, 0.6) is 0 Å². The summed E-state index contributed by atoms with van der Waals surface area (Å²) in [5.74, 6) is 0.240. The Kier molecular flexibility index (Phi) is 4.81. The molecule has 2 heterocycles. The highest BCUT2D eigenvalue weighted by Gasteiger charge is 2.22. The van der Waals surface area contributed by atoms with Crippen LogP contribution in [0, 0.1) is 12.7 Å². The Balaban J connectivity index is 1.61. The number of aromatic amines is 1. The molecular weight excluding hydrogens is 365 g/mol. The highest BCUT2D eigenvalue weighted by atomic mass is 35.5. The van der Waals surface area contributed by atoms with E-state index in [1.807, 2.05) is 31.2 Å². The van der Waals surface area contributed by atoms with Gasteiger partial charge in [0.2, 0.25) is 0 Å². The maximum atomic E-state index is 13.3.